The Bertz CT molecular complexity index is 755. The predicted octanol–water partition coefficient (Wildman–Crippen LogP) is 5.25. The third kappa shape index (κ3) is 4.63. The quantitative estimate of drug-likeness (QED) is 0.652. The SMILES string of the molecule is Cc1cc(CCCCN2CCCCC2)ccc1-c1cn2c(n1)CC(C)CC2. The van der Waals surface area contributed by atoms with E-state index in [0.717, 1.165) is 24.6 Å². The minimum Gasteiger partial charge on any atom is -0.334 e. The molecule has 0 spiro atoms. The fourth-order valence-electron chi connectivity index (χ4n) is 4.73. The van der Waals surface area contributed by atoms with Crippen LogP contribution in [-0.4, -0.2) is 34.1 Å². The molecule has 1 fully saturated rings. The van der Waals surface area contributed by atoms with Gasteiger partial charge in [0, 0.05) is 24.7 Å². The van der Waals surface area contributed by atoms with Crippen LogP contribution in [0.2, 0.25) is 0 Å². The zero-order valence-electron chi connectivity index (χ0n) is 17.2. The standard InChI is InChI=1S/C24H35N3/c1-19-11-15-27-18-23(25-24(27)16-19)22-10-9-21(17-20(22)2)8-4-7-14-26-12-5-3-6-13-26/h9-10,17-19H,3-8,11-16H2,1-2H3. The number of hydrogen-bond acceptors (Lipinski definition) is 2. The van der Waals surface area contributed by atoms with Gasteiger partial charge in [0.1, 0.15) is 5.82 Å². The van der Waals surface area contributed by atoms with Crippen LogP contribution in [0.5, 0.6) is 0 Å². The van der Waals surface area contributed by atoms with Crippen LogP contribution < -0.4 is 0 Å². The lowest BCUT2D eigenvalue weighted by Crippen LogP contribution is -2.30. The molecule has 3 nitrogen and oxygen atoms in total. The smallest absolute Gasteiger partial charge is 0.109 e. The number of hydrogen-bond donors (Lipinski definition) is 0. The summed E-state index contributed by atoms with van der Waals surface area (Å²) in [6, 6.07) is 7.01. The van der Waals surface area contributed by atoms with E-state index in [-0.39, 0.29) is 0 Å². The molecule has 1 aromatic carbocycles. The van der Waals surface area contributed by atoms with Crippen LogP contribution in [-0.2, 0) is 19.4 Å². The summed E-state index contributed by atoms with van der Waals surface area (Å²) in [5, 5.41) is 0. The molecule has 0 bridgehead atoms. The van der Waals surface area contributed by atoms with Crippen molar-refractivity contribution in [3.63, 3.8) is 0 Å². The number of aromatic nitrogens is 2. The van der Waals surface area contributed by atoms with Crippen molar-refractivity contribution < 1.29 is 0 Å². The second kappa shape index (κ2) is 8.60. The topological polar surface area (TPSA) is 21.1 Å². The zero-order chi connectivity index (χ0) is 18.6. The molecule has 1 atom stereocenters. The first-order valence-electron chi connectivity index (χ1n) is 11.1. The molecule has 2 aliphatic rings. The molecule has 146 valence electrons. The van der Waals surface area contributed by atoms with Gasteiger partial charge in [-0.2, -0.15) is 0 Å². The van der Waals surface area contributed by atoms with Gasteiger partial charge in [0.2, 0.25) is 0 Å². The van der Waals surface area contributed by atoms with E-state index in [4.69, 9.17) is 4.98 Å². The van der Waals surface area contributed by atoms with Crippen molar-refractivity contribution in [3.8, 4) is 11.3 Å². The van der Waals surface area contributed by atoms with Crippen LogP contribution in [0.25, 0.3) is 11.3 Å². The number of piperidine rings is 1. The first-order chi connectivity index (χ1) is 13.2. The second-order valence-electron chi connectivity index (χ2n) is 8.84. The van der Waals surface area contributed by atoms with Crippen molar-refractivity contribution in [1.29, 1.82) is 0 Å². The minimum absolute atomic E-state index is 0.765. The van der Waals surface area contributed by atoms with Gasteiger partial charge in [-0.25, -0.2) is 4.98 Å². The summed E-state index contributed by atoms with van der Waals surface area (Å²) < 4.78 is 2.36. The minimum atomic E-state index is 0.765. The molecule has 27 heavy (non-hydrogen) atoms. The van der Waals surface area contributed by atoms with Crippen LogP contribution in [0.4, 0.5) is 0 Å². The Balaban J connectivity index is 1.34. The summed E-state index contributed by atoms with van der Waals surface area (Å²) in [4.78, 5) is 7.60. The largest absolute Gasteiger partial charge is 0.334 e. The van der Waals surface area contributed by atoms with Gasteiger partial charge >= 0.3 is 0 Å². The summed E-state index contributed by atoms with van der Waals surface area (Å²) in [7, 11) is 0. The second-order valence-corrected chi connectivity index (χ2v) is 8.84. The summed E-state index contributed by atoms with van der Waals surface area (Å²) in [5.41, 5.74) is 5.31. The number of nitrogens with zero attached hydrogens (tertiary/aromatic N) is 3. The fourth-order valence-corrected chi connectivity index (χ4v) is 4.73. The molecule has 0 amide bonds. The van der Waals surface area contributed by atoms with Gasteiger partial charge in [-0.15, -0.1) is 0 Å². The maximum absolute atomic E-state index is 4.95. The van der Waals surface area contributed by atoms with Gasteiger partial charge in [0.05, 0.1) is 5.69 Å². The average Bonchev–Trinajstić information content (AvgIpc) is 3.09. The number of unbranched alkanes of at least 4 members (excludes halogenated alkanes) is 1. The number of likely N-dealkylation sites (tertiary alicyclic amines) is 1. The van der Waals surface area contributed by atoms with Crippen LogP contribution in [0, 0.1) is 12.8 Å². The lowest BCUT2D eigenvalue weighted by molar-refractivity contribution is 0.225. The molecule has 0 radical (unpaired) electrons. The molecule has 2 aromatic rings. The van der Waals surface area contributed by atoms with E-state index in [1.165, 1.54) is 87.1 Å². The maximum Gasteiger partial charge on any atom is 0.109 e. The van der Waals surface area contributed by atoms with E-state index >= 15 is 0 Å². The highest BCUT2D eigenvalue weighted by Gasteiger charge is 2.18. The Morgan fingerprint density at radius 2 is 1.93 bits per heavy atom. The van der Waals surface area contributed by atoms with Gasteiger partial charge < -0.3 is 9.47 Å². The lowest BCUT2D eigenvalue weighted by Gasteiger charge is -2.26. The lowest BCUT2D eigenvalue weighted by atomic mass is 10.00. The van der Waals surface area contributed by atoms with Crippen molar-refractivity contribution in [3.05, 3.63) is 41.3 Å². The molecule has 0 saturated carbocycles. The third-order valence-electron chi connectivity index (χ3n) is 6.46. The van der Waals surface area contributed by atoms with Crippen LogP contribution in [0.15, 0.2) is 24.4 Å². The number of aryl methyl sites for hydroxylation is 3. The Kier molecular flexibility index (Phi) is 5.97. The fraction of sp³-hybridized carbons (Fsp3) is 0.625. The number of imidazole rings is 1. The van der Waals surface area contributed by atoms with Gasteiger partial charge in [-0.3, -0.25) is 0 Å². The van der Waals surface area contributed by atoms with E-state index in [1.54, 1.807) is 0 Å². The predicted molar refractivity (Wildman–Crippen MR) is 113 cm³/mol. The molecule has 1 unspecified atom stereocenters. The van der Waals surface area contributed by atoms with Crippen LogP contribution in [0.3, 0.4) is 0 Å². The van der Waals surface area contributed by atoms with Gasteiger partial charge in [-0.1, -0.05) is 31.5 Å². The molecule has 4 rings (SSSR count). The van der Waals surface area contributed by atoms with Crippen molar-refractivity contribution in [2.75, 3.05) is 19.6 Å². The van der Waals surface area contributed by atoms with Gasteiger partial charge in [0.15, 0.2) is 0 Å². The first kappa shape index (κ1) is 18.7. The molecule has 3 heterocycles. The van der Waals surface area contributed by atoms with E-state index < -0.39 is 0 Å². The molecular formula is C24H35N3. The Morgan fingerprint density at radius 3 is 2.74 bits per heavy atom. The highest BCUT2D eigenvalue weighted by molar-refractivity contribution is 5.63. The van der Waals surface area contributed by atoms with E-state index in [1.807, 2.05) is 0 Å². The van der Waals surface area contributed by atoms with E-state index in [2.05, 4.69) is 47.7 Å². The first-order valence-corrected chi connectivity index (χ1v) is 11.1. The highest BCUT2D eigenvalue weighted by atomic mass is 15.1. The van der Waals surface area contributed by atoms with Crippen LogP contribution in [0.1, 0.15) is 62.4 Å². The molecule has 1 aromatic heterocycles. The molecular weight excluding hydrogens is 330 g/mol. The van der Waals surface area contributed by atoms with Crippen molar-refractivity contribution in [2.45, 2.75) is 71.8 Å². The molecule has 0 aliphatic carbocycles. The number of benzene rings is 1. The van der Waals surface area contributed by atoms with E-state index in [0.29, 0.717) is 0 Å². The summed E-state index contributed by atoms with van der Waals surface area (Å²) >= 11 is 0. The summed E-state index contributed by atoms with van der Waals surface area (Å²) in [6.07, 6.45) is 12.7. The molecule has 0 N–H and O–H groups in total. The molecule has 3 heteroatoms. The third-order valence-corrected chi connectivity index (χ3v) is 6.46. The Labute approximate surface area is 164 Å². The Morgan fingerprint density at radius 1 is 1.07 bits per heavy atom. The summed E-state index contributed by atoms with van der Waals surface area (Å²) in [6.45, 7) is 9.63. The number of rotatable bonds is 6. The Hall–Kier alpha value is -1.61. The molecule has 1 saturated heterocycles. The maximum atomic E-state index is 4.95. The highest BCUT2D eigenvalue weighted by Crippen LogP contribution is 2.28. The van der Waals surface area contributed by atoms with Gasteiger partial charge in [-0.05, 0) is 82.1 Å². The molecule has 2 aliphatic heterocycles. The monoisotopic (exact) mass is 365 g/mol. The zero-order valence-corrected chi connectivity index (χ0v) is 17.2. The summed E-state index contributed by atoms with van der Waals surface area (Å²) in [5.74, 6) is 2.03. The van der Waals surface area contributed by atoms with Crippen molar-refractivity contribution >= 4 is 0 Å². The normalized spacial score (nSPS) is 20.6. The van der Waals surface area contributed by atoms with Crippen LogP contribution >= 0.6 is 0 Å². The van der Waals surface area contributed by atoms with E-state index in [9.17, 15) is 0 Å². The number of fused-ring (bicyclic) bond motifs is 1. The average molecular weight is 366 g/mol. The van der Waals surface area contributed by atoms with Gasteiger partial charge in [0.25, 0.3) is 0 Å². The van der Waals surface area contributed by atoms with Crippen molar-refractivity contribution in [2.24, 2.45) is 5.92 Å². The van der Waals surface area contributed by atoms with Crippen molar-refractivity contribution in [1.82, 2.24) is 14.5 Å².